The predicted molar refractivity (Wildman–Crippen MR) is 133 cm³/mol. The quantitative estimate of drug-likeness (QED) is 0.457. The monoisotopic (exact) mass is 519 g/mol. The third kappa shape index (κ3) is 6.21. The van der Waals surface area contributed by atoms with E-state index in [1.54, 1.807) is 37.3 Å². The molecule has 1 aliphatic rings. The number of unbranched alkanes of at least 4 members (excludes halogenated alkanes) is 1. The first-order chi connectivity index (χ1) is 16.7. The first-order valence-corrected chi connectivity index (χ1v) is 13.5. The van der Waals surface area contributed by atoms with Gasteiger partial charge in [-0.05, 0) is 49.6 Å². The molecular formula is C25H30ClN3O5S. The predicted octanol–water partition coefficient (Wildman–Crippen LogP) is 3.60. The van der Waals surface area contributed by atoms with Gasteiger partial charge in [0, 0.05) is 31.1 Å². The zero-order chi connectivity index (χ0) is 25.6. The molecule has 0 spiro atoms. The van der Waals surface area contributed by atoms with E-state index in [4.69, 9.17) is 11.6 Å². The van der Waals surface area contributed by atoms with Crippen molar-refractivity contribution in [1.29, 1.82) is 0 Å². The van der Waals surface area contributed by atoms with Crippen LogP contribution in [-0.4, -0.2) is 54.5 Å². The van der Waals surface area contributed by atoms with Crippen LogP contribution in [0.3, 0.4) is 0 Å². The Morgan fingerprint density at radius 1 is 1.11 bits per heavy atom. The van der Waals surface area contributed by atoms with E-state index < -0.39 is 22.0 Å². The van der Waals surface area contributed by atoms with E-state index in [0.29, 0.717) is 11.6 Å². The molecule has 0 saturated heterocycles. The molecule has 1 heterocycles. The molecule has 8 nitrogen and oxygen atoms in total. The summed E-state index contributed by atoms with van der Waals surface area (Å²) in [6, 6.07) is 12.4. The fraction of sp³-hybridized carbons (Fsp3) is 0.400. The third-order valence-corrected chi connectivity index (χ3v) is 7.98. The normalized spacial score (nSPS) is 14.9. The van der Waals surface area contributed by atoms with Crippen LogP contribution in [0, 0.1) is 0 Å². The van der Waals surface area contributed by atoms with Gasteiger partial charge in [0.15, 0.2) is 0 Å². The summed E-state index contributed by atoms with van der Waals surface area (Å²) in [5.74, 6) is -1.17. The molecule has 35 heavy (non-hydrogen) atoms. The van der Waals surface area contributed by atoms with E-state index in [2.05, 4.69) is 5.32 Å². The van der Waals surface area contributed by atoms with Crippen LogP contribution in [0.4, 0.5) is 0 Å². The number of hydrogen-bond acceptors (Lipinski definition) is 5. The highest BCUT2D eigenvalue weighted by molar-refractivity contribution is 7.90. The minimum absolute atomic E-state index is 0.0173. The molecule has 0 unspecified atom stereocenters. The number of nitrogens with zero attached hydrogens (tertiary/aromatic N) is 2. The fourth-order valence-corrected chi connectivity index (χ4v) is 5.74. The number of halogens is 1. The maximum absolute atomic E-state index is 13.2. The van der Waals surface area contributed by atoms with Gasteiger partial charge in [-0.25, -0.2) is 12.7 Å². The Balaban J connectivity index is 1.69. The van der Waals surface area contributed by atoms with Crippen LogP contribution in [0.15, 0.2) is 53.4 Å². The van der Waals surface area contributed by atoms with Crippen molar-refractivity contribution >= 4 is 39.3 Å². The van der Waals surface area contributed by atoms with Gasteiger partial charge in [0.2, 0.25) is 11.8 Å². The lowest BCUT2D eigenvalue weighted by molar-refractivity contribution is -0.140. The smallest absolute Gasteiger partial charge is 0.269 e. The van der Waals surface area contributed by atoms with Crippen molar-refractivity contribution in [3.05, 3.63) is 64.7 Å². The van der Waals surface area contributed by atoms with Crippen LogP contribution in [0.25, 0.3) is 0 Å². The largest absolute Gasteiger partial charge is 0.354 e. The molecule has 1 atom stereocenters. The summed E-state index contributed by atoms with van der Waals surface area (Å²) in [5, 5.41) is 3.37. The van der Waals surface area contributed by atoms with Gasteiger partial charge < -0.3 is 10.2 Å². The van der Waals surface area contributed by atoms with Gasteiger partial charge in [-0.2, -0.15) is 0 Å². The number of nitrogens with one attached hydrogen (secondary N) is 1. The molecule has 0 aromatic heterocycles. The number of hydrogen-bond donors (Lipinski definition) is 1. The molecule has 2 aromatic carbocycles. The van der Waals surface area contributed by atoms with E-state index in [9.17, 15) is 22.8 Å². The Kier molecular flexibility index (Phi) is 8.91. The number of rotatable bonds is 11. The number of carbonyl (C=O) groups is 3. The van der Waals surface area contributed by atoms with Gasteiger partial charge in [0.25, 0.3) is 15.9 Å². The Morgan fingerprint density at radius 2 is 1.86 bits per heavy atom. The summed E-state index contributed by atoms with van der Waals surface area (Å²) in [6.07, 6.45) is 1.88. The average Bonchev–Trinajstić information content (AvgIpc) is 3.02. The molecule has 0 saturated carbocycles. The van der Waals surface area contributed by atoms with Gasteiger partial charge >= 0.3 is 0 Å². The Hall–Kier alpha value is -2.91. The topological polar surface area (TPSA) is 104 Å². The fourth-order valence-electron chi connectivity index (χ4n) is 3.92. The van der Waals surface area contributed by atoms with Crippen LogP contribution in [0.1, 0.15) is 55.5 Å². The van der Waals surface area contributed by atoms with E-state index in [-0.39, 0.29) is 48.2 Å². The molecule has 0 radical (unpaired) electrons. The minimum Gasteiger partial charge on any atom is -0.354 e. The highest BCUT2D eigenvalue weighted by Crippen LogP contribution is 2.30. The van der Waals surface area contributed by atoms with Crippen molar-refractivity contribution in [1.82, 2.24) is 14.5 Å². The first kappa shape index (κ1) is 26.7. The molecule has 0 aliphatic carbocycles. The minimum atomic E-state index is -3.93. The van der Waals surface area contributed by atoms with Crippen LogP contribution in [-0.2, 0) is 26.2 Å². The van der Waals surface area contributed by atoms with Crippen molar-refractivity contribution in [2.75, 3.05) is 13.1 Å². The van der Waals surface area contributed by atoms with Crippen LogP contribution < -0.4 is 5.32 Å². The van der Waals surface area contributed by atoms with Crippen LogP contribution >= 0.6 is 11.6 Å². The summed E-state index contributed by atoms with van der Waals surface area (Å²) in [7, 11) is -3.93. The van der Waals surface area contributed by atoms with E-state index in [1.165, 1.54) is 17.0 Å². The van der Waals surface area contributed by atoms with Crippen molar-refractivity contribution in [2.45, 2.75) is 57.0 Å². The van der Waals surface area contributed by atoms with Crippen LogP contribution in [0.5, 0.6) is 0 Å². The SMILES string of the molecule is CCCCNC(=O)[C@H](C)N(Cc1cccc(Cl)c1)C(=O)CCCN1C(=O)c2ccccc2S1(=O)=O. The second-order valence-electron chi connectivity index (χ2n) is 8.45. The summed E-state index contributed by atoms with van der Waals surface area (Å²) >= 11 is 6.09. The lowest BCUT2D eigenvalue weighted by Gasteiger charge is -2.29. The number of fused-ring (bicyclic) bond motifs is 1. The molecule has 188 valence electrons. The van der Waals surface area contributed by atoms with Crippen molar-refractivity contribution in [2.24, 2.45) is 0 Å². The van der Waals surface area contributed by atoms with Gasteiger partial charge in [-0.15, -0.1) is 0 Å². The zero-order valence-corrected chi connectivity index (χ0v) is 21.4. The number of benzene rings is 2. The molecular weight excluding hydrogens is 490 g/mol. The highest BCUT2D eigenvalue weighted by atomic mass is 35.5. The van der Waals surface area contributed by atoms with Gasteiger partial charge in [-0.3, -0.25) is 14.4 Å². The number of amides is 3. The molecule has 3 amide bonds. The zero-order valence-electron chi connectivity index (χ0n) is 19.9. The molecule has 2 aromatic rings. The van der Waals surface area contributed by atoms with E-state index in [0.717, 1.165) is 22.7 Å². The summed E-state index contributed by atoms with van der Waals surface area (Å²) in [6.45, 7) is 4.26. The Bertz CT molecular complexity index is 1200. The lowest BCUT2D eigenvalue weighted by atomic mass is 10.1. The van der Waals surface area contributed by atoms with Crippen molar-refractivity contribution < 1.29 is 22.8 Å². The van der Waals surface area contributed by atoms with Crippen molar-refractivity contribution in [3.63, 3.8) is 0 Å². The molecule has 3 rings (SSSR count). The highest BCUT2D eigenvalue weighted by Gasteiger charge is 2.40. The first-order valence-electron chi connectivity index (χ1n) is 11.6. The maximum Gasteiger partial charge on any atom is 0.269 e. The molecule has 1 aliphatic heterocycles. The Morgan fingerprint density at radius 3 is 2.54 bits per heavy atom. The van der Waals surface area contributed by atoms with Crippen LogP contribution in [0.2, 0.25) is 5.02 Å². The maximum atomic E-state index is 13.2. The summed E-state index contributed by atoms with van der Waals surface area (Å²) in [4.78, 5) is 39.9. The van der Waals surface area contributed by atoms with Gasteiger partial charge in [-0.1, -0.05) is 49.2 Å². The molecule has 0 fully saturated rings. The number of carbonyl (C=O) groups excluding carboxylic acids is 3. The molecule has 10 heteroatoms. The van der Waals surface area contributed by atoms with Gasteiger partial charge in [0.1, 0.15) is 10.9 Å². The molecule has 1 N–H and O–H groups in total. The van der Waals surface area contributed by atoms with E-state index >= 15 is 0 Å². The summed E-state index contributed by atoms with van der Waals surface area (Å²) in [5.41, 5.74) is 0.908. The van der Waals surface area contributed by atoms with Gasteiger partial charge in [0.05, 0.1) is 5.56 Å². The van der Waals surface area contributed by atoms with E-state index in [1.807, 2.05) is 13.0 Å². The second kappa shape index (κ2) is 11.7. The van der Waals surface area contributed by atoms with Crippen molar-refractivity contribution in [3.8, 4) is 0 Å². The summed E-state index contributed by atoms with van der Waals surface area (Å²) < 4.78 is 26.3. The lowest BCUT2D eigenvalue weighted by Crippen LogP contribution is -2.47. The third-order valence-electron chi connectivity index (χ3n) is 5.90. The number of sulfonamides is 1. The molecule has 0 bridgehead atoms. The Labute approximate surface area is 211 Å². The second-order valence-corrected chi connectivity index (χ2v) is 10.7. The average molecular weight is 520 g/mol. The standard InChI is InChI=1S/C25H30ClN3O5S/c1-3-4-14-27-24(31)18(2)28(17-19-9-7-10-20(26)16-19)23(30)13-8-15-29-25(32)21-11-5-6-12-22(21)35(29,33)34/h5-7,9-12,16,18H,3-4,8,13-15,17H2,1-2H3,(H,27,31)/t18-/m0/s1.